The van der Waals surface area contributed by atoms with E-state index in [0.29, 0.717) is 0 Å². The van der Waals surface area contributed by atoms with Gasteiger partial charge in [0.05, 0.1) is 26.3 Å². The van der Waals surface area contributed by atoms with Crippen molar-refractivity contribution in [2.45, 2.75) is 46.2 Å². The molecular weight excluding hydrogens is 258 g/mol. The second-order valence-corrected chi connectivity index (χ2v) is 5.59. The average Bonchev–Trinajstić information content (AvgIpc) is 2.36. The Bertz CT molecular complexity index is 388. The molecule has 6 nitrogen and oxygen atoms in total. The number of ether oxygens (including phenoxy) is 1. The fourth-order valence-electron chi connectivity index (χ4n) is 1.47. The van der Waals surface area contributed by atoms with E-state index in [1.54, 1.807) is 11.8 Å². The molecule has 0 aromatic heterocycles. The van der Waals surface area contributed by atoms with Crippen LogP contribution in [0.2, 0.25) is 0 Å². The quantitative estimate of drug-likeness (QED) is 0.703. The maximum absolute atomic E-state index is 12.1. The van der Waals surface area contributed by atoms with Gasteiger partial charge in [0.1, 0.15) is 5.54 Å². The van der Waals surface area contributed by atoms with E-state index in [2.05, 4.69) is 16.1 Å². The van der Waals surface area contributed by atoms with Crippen LogP contribution >= 0.6 is 0 Å². The molecule has 1 atom stereocenters. The summed E-state index contributed by atoms with van der Waals surface area (Å²) < 4.78 is 4.61. The van der Waals surface area contributed by atoms with Gasteiger partial charge in [-0.1, -0.05) is 13.8 Å². The first-order valence-corrected chi connectivity index (χ1v) is 6.69. The van der Waals surface area contributed by atoms with Crippen molar-refractivity contribution in [2.24, 2.45) is 5.92 Å². The number of rotatable bonds is 7. The molecule has 0 heterocycles. The van der Waals surface area contributed by atoms with Crippen LogP contribution in [0.3, 0.4) is 0 Å². The molecule has 0 aliphatic heterocycles. The number of nitrogens with zero attached hydrogens (tertiary/aromatic N) is 2. The van der Waals surface area contributed by atoms with Crippen LogP contribution < -0.4 is 5.32 Å². The SMILES string of the molecule is COC(=O)CN(CC(=O)NC(C)(C#N)C(C)C)C(C)C. The third kappa shape index (κ3) is 5.57. The highest BCUT2D eigenvalue weighted by Gasteiger charge is 2.30. The molecule has 0 radical (unpaired) electrons. The van der Waals surface area contributed by atoms with Gasteiger partial charge < -0.3 is 10.1 Å². The molecule has 6 heteroatoms. The van der Waals surface area contributed by atoms with Crippen molar-refractivity contribution in [2.75, 3.05) is 20.2 Å². The number of carbonyl (C=O) groups excluding carboxylic acids is 2. The first-order valence-electron chi connectivity index (χ1n) is 6.69. The van der Waals surface area contributed by atoms with Crippen LogP contribution in [0, 0.1) is 17.2 Å². The van der Waals surface area contributed by atoms with Crippen molar-refractivity contribution in [3.63, 3.8) is 0 Å². The third-order valence-electron chi connectivity index (χ3n) is 3.42. The molecule has 0 fully saturated rings. The van der Waals surface area contributed by atoms with Crippen molar-refractivity contribution in [3.05, 3.63) is 0 Å². The van der Waals surface area contributed by atoms with Crippen LogP contribution in [0.25, 0.3) is 0 Å². The minimum absolute atomic E-state index is 0.00967. The van der Waals surface area contributed by atoms with Crippen LogP contribution in [0.15, 0.2) is 0 Å². The molecule has 114 valence electrons. The van der Waals surface area contributed by atoms with Crippen molar-refractivity contribution in [1.82, 2.24) is 10.2 Å². The van der Waals surface area contributed by atoms with E-state index in [9.17, 15) is 14.9 Å². The van der Waals surface area contributed by atoms with Crippen LogP contribution in [-0.2, 0) is 14.3 Å². The predicted molar refractivity (Wildman–Crippen MR) is 75.7 cm³/mol. The lowest BCUT2D eigenvalue weighted by atomic mass is 9.90. The monoisotopic (exact) mass is 283 g/mol. The minimum atomic E-state index is -0.912. The summed E-state index contributed by atoms with van der Waals surface area (Å²) in [5.74, 6) is -0.677. The average molecular weight is 283 g/mol. The molecule has 0 aromatic rings. The Kier molecular flexibility index (Phi) is 7.22. The summed E-state index contributed by atoms with van der Waals surface area (Å²) in [6.45, 7) is 9.32. The molecule has 1 unspecified atom stereocenters. The zero-order chi connectivity index (χ0) is 15.9. The number of nitriles is 1. The summed E-state index contributed by atoms with van der Waals surface area (Å²) in [7, 11) is 1.31. The molecule has 0 saturated heterocycles. The summed E-state index contributed by atoms with van der Waals surface area (Å²) in [5.41, 5.74) is -0.912. The lowest BCUT2D eigenvalue weighted by molar-refractivity contribution is -0.142. The summed E-state index contributed by atoms with van der Waals surface area (Å²) in [5, 5.41) is 11.9. The van der Waals surface area contributed by atoms with E-state index in [4.69, 9.17) is 0 Å². The Labute approximate surface area is 121 Å². The summed E-state index contributed by atoms with van der Waals surface area (Å²) in [4.78, 5) is 25.1. The number of amides is 1. The van der Waals surface area contributed by atoms with E-state index >= 15 is 0 Å². The van der Waals surface area contributed by atoms with Gasteiger partial charge in [-0.2, -0.15) is 5.26 Å². The van der Waals surface area contributed by atoms with Crippen molar-refractivity contribution in [1.29, 1.82) is 5.26 Å². The molecule has 0 aliphatic carbocycles. The standard InChI is InChI=1S/C14H25N3O3/c1-10(2)14(5,9-15)16-12(18)7-17(11(3)4)8-13(19)20-6/h10-11H,7-8H2,1-6H3,(H,16,18). The van der Waals surface area contributed by atoms with E-state index in [-0.39, 0.29) is 31.0 Å². The molecule has 1 amide bonds. The van der Waals surface area contributed by atoms with Gasteiger partial charge in [-0.25, -0.2) is 0 Å². The Morgan fingerprint density at radius 3 is 2.20 bits per heavy atom. The molecular formula is C14H25N3O3. The lowest BCUT2D eigenvalue weighted by Gasteiger charge is -2.30. The third-order valence-corrected chi connectivity index (χ3v) is 3.42. The number of esters is 1. The second kappa shape index (κ2) is 7.85. The molecule has 20 heavy (non-hydrogen) atoms. The first-order chi connectivity index (χ1) is 9.16. The maximum Gasteiger partial charge on any atom is 0.319 e. The van der Waals surface area contributed by atoms with Crippen molar-refractivity contribution < 1.29 is 14.3 Å². The number of methoxy groups -OCH3 is 1. The van der Waals surface area contributed by atoms with Crippen LogP contribution in [0.1, 0.15) is 34.6 Å². The van der Waals surface area contributed by atoms with Gasteiger partial charge in [0.25, 0.3) is 0 Å². The van der Waals surface area contributed by atoms with Crippen LogP contribution in [-0.4, -0.2) is 48.6 Å². The summed E-state index contributed by atoms with van der Waals surface area (Å²) in [6.07, 6.45) is 0. The Hall–Kier alpha value is -1.61. The number of hydrogen-bond acceptors (Lipinski definition) is 5. The molecule has 0 bridgehead atoms. The predicted octanol–water partition coefficient (Wildman–Crippen LogP) is 0.924. The van der Waals surface area contributed by atoms with E-state index < -0.39 is 11.5 Å². The summed E-state index contributed by atoms with van der Waals surface area (Å²) in [6, 6.07) is 2.14. The number of carbonyl (C=O) groups is 2. The van der Waals surface area contributed by atoms with Gasteiger partial charge in [0, 0.05) is 6.04 Å². The fourth-order valence-corrected chi connectivity index (χ4v) is 1.47. The van der Waals surface area contributed by atoms with Gasteiger partial charge in [-0.15, -0.1) is 0 Å². The number of nitrogens with one attached hydrogen (secondary N) is 1. The molecule has 0 saturated carbocycles. The molecule has 1 N–H and O–H groups in total. The van der Waals surface area contributed by atoms with E-state index in [1.165, 1.54) is 7.11 Å². The molecule has 0 spiro atoms. The molecule has 0 aromatic carbocycles. The topological polar surface area (TPSA) is 82.4 Å². The molecule has 0 aliphatic rings. The van der Waals surface area contributed by atoms with E-state index in [1.807, 2.05) is 27.7 Å². The van der Waals surface area contributed by atoms with Gasteiger partial charge in [0.2, 0.25) is 5.91 Å². The number of hydrogen-bond donors (Lipinski definition) is 1. The van der Waals surface area contributed by atoms with E-state index in [0.717, 1.165) is 0 Å². The zero-order valence-electron chi connectivity index (χ0n) is 13.2. The fraction of sp³-hybridized carbons (Fsp3) is 0.786. The normalized spacial score (nSPS) is 14.0. The highest BCUT2D eigenvalue weighted by atomic mass is 16.5. The Balaban J connectivity index is 4.70. The smallest absolute Gasteiger partial charge is 0.319 e. The van der Waals surface area contributed by atoms with Crippen molar-refractivity contribution in [3.8, 4) is 6.07 Å². The van der Waals surface area contributed by atoms with Crippen LogP contribution in [0.4, 0.5) is 0 Å². The van der Waals surface area contributed by atoms with Crippen molar-refractivity contribution >= 4 is 11.9 Å². The Morgan fingerprint density at radius 1 is 1.30 bits per heavy atom. The lowest BCUT2D eigenvalue weighted by Crippen LogP contribution is -2.53. The zero-order valence-corrected chi connectivity index (χ0v) is 13.2. The van der Waals surface area contributed by atoms with Gasteiger partial charge >= 0.3 is 5.97 Å². The van der Waals surface area contributed by atoms with Gasteiger partial charge in [-0.3, -0.25) is 14.5 Å². The Morgan fingerprint density at radius 2 is 1.85 bits per heavy atom. The van der Waals surface area contributed by atoms with Crippen LogP contribution in [0.5, 0.6) is 0 Å². The first kappa shape index (κ1) is 18.4. The highest BCUT2D eigenvalue weighted by Crippen LogP contribution is 2.15. The largest absolute Gasteiger partial charge is 0.468 e. The second-order valence-electron chi connectivity index (χ2n) is 5.59. The molecule has 0 rings (SSSR count). The minimum Gasteiger partial charge on any atom is -0.468 e. The maximum atomic E-state index is 12.1. The van der Waals surface area contributed by atoms with Gasteiger partial charge in [0.15, 0.2) is 0 Å². The highest BCUT2D eigenvalue weighted by molar-refractivity contribution is 5.80. The van der Waals surface area contributed by atoms with Gasteiger partial charge in [-0.05, 0) is 26.7 Å². The summed E-state index contributed by atoms with van der Waals surface area (Å²) >= 11 is 0.